The number of hydrogen-bond acceptors (Lipinski definition) is 3. The number of carbonyl (C=O) groups is 1. The molecule has 1 aliphatic rings. The van der Waals surface area contributed by atoms with E-state index in [1.165, 1.54) is 31.5 Å². The summed E-state index contributed by atoms with van der Waals surface area (Å²) >= 11 is 0. The number of nitrogens with two attached hydrogens (primary N) is 1. The fourth-order valence-corrected chi connectivity index (χ4v) is 4.07. The van der Waals surface area contributed by atoms with Gasteiger partial charge in [0, 0.05) is 30.9 Å². The predicted octanol–water partition coefficient (Wildman–Crippen LogP) is 3.12. The number of aromatic nitrogens is 2. The number of hydrogen-bond donors (Lipinski definition) is 2. The lowest BCUT2D eigenvalue weighted by Gasteiger charge is -2.25. The summed E-state index contributed by atoms with van der Waals surface area (Å²) in [6.07, 6.45) is 8.61. The number of nitrogens with one attached hydrogen (secondary N) is 1. The van der Waals surface area contributed by atoms with Gasteiger partial charge in [-0.25, -0.2) is 9.37 Å². The van der Waals surface area contributed by atoms with Crippen molar-refractivity contribution in [3.8, 4) is 0 Å². The fourth-order valence-electron chi connectivity index (χ4n) is 4.07. The topological polar surface area (TPSA) is 78.1 Å². The molecule has 0 unspecified atom stereocenters. The third kappa shape index (κ3) is 3.98. The van der Waals surface area contributed by atoms with Crippen molar-refractivity contribution >= 4 is 23.0 Å². The SMILES string of the molecule is C[NH2+]c1cc(C(=O)N2CCCCCCC2)ccc1C(=N)c1cnc2ccc(F)cn12. The second-order valence-corrected chi connectivity index (χ2v) is 7.74. The van der Waals surface area contributed by atoms with Crippen LogP contribution < -0.4 is 5.32 Å². The first-order valence-corrected chi connectivity index (χ1v) is 10.5. The van der Waals surface area contributed by atoms with Crippen molar-refractivity contribution in [3.63, 3.8) is 0 Å². The molecule has 156 valence electrons. The standard InChI is InChI=1S/C23H26FN5O/c1-26-19-13-16(23(30)28-11-5-3-2-4-6-12-28)7-9-18(19)22(25)20-14-27-21-10-8-17(24)15-29(20)21/h7-10,13-15,25-26H,2-6,11-12H2,1H3/p+1. The second kappa shape index (κ2) is 8.75. The molecule has 1 saturated heterocycles. The number of pyridine rings is 1. The fraction of sp³-hybridized carbons (Fsp3) is 0.348. The van der Waals surface area contributed by atoms with Crippen LogP contribution in [0.5, 0.6) is 0 Å². The van der Waals surface area contributed by atoms with Crippen LogP contribution in [-0.4, -0.2) is 46.0 Å². The van der Waals surface area contributed by atoms with Gasteiger partial charge in [0.25, 0.3) is 5.91 Å². The highest BCUT2D eigenvalue weighted by atomic mass is 19.1. The van der Waals surface area contributed by atoms with Crippen molar-refractivity contribution in [2.75, 3.05) is 20.1 Å². The molecule has 30 heavy (non-hydrogen) atoms. The van der Waals surface area contributed by atoms with Crippen LogP contribution in [0, 0.1) is 11.2 Å². The summed E-state index contributed by atoms with van der Waals surface area (Å²) in [7, 11) is 1.89. The number of carbonyl (C=O) groups excluding carboxylic acids is 1. The average Bonchev–Trinajstić information content (AvgIpc) is 3.15. The van der Waals surface area contributed by atoms with Crippen molar-refractivity contribution in [2.45, 2.75) is 32.1 Å². The van der Waals surface area contributed by atoms with Crippen LogP contribution >= 0.6 is 0 Å². The number of rotatable bonds is 4. The minimum atomic E-state index is -0.383. The quantitative estimate of drug-likeness (QED) is 0.514. The number of quaternary nitrogens is 1. The Hall–Kier alpha value is -3.06. The van der Waals surface area contributed by atoms with Gasteiger partial charge in [-0.15, -0.1) is 0 Å². The summed E-state index contributed by atoms with van der Waals surface area (Å²) < 4.78 is 15.3. The lowest BCUT2D eigenvalue weighted by molar-refractivity contribution is -0.539. The number of fused-ring (bicyclic) bond motifs is 1. The zero-order chi connectivity index (χ0) is 21.1. The molecule has 2 aromatic heterocycles. The molecule has 0 spiro atoms. The molecule has 3 N–H and O–H groups in total. The van der Waals surface area contributed by atoms with E-state index >= 15 is 0 Å². The summed E-state index contributed by atoms with van der Waals surface area (Å²) in [6.45, 7) is 1.60. The van der Waals surface area contributed by atoms with Crippen LogP contribution in [0.4, 0.5) is 10.1 Å². The van der Waals surface area contributed by atoms with Gasteiger partial charge in [-0.05, 0) is 37.1 Å². The predicted molar refractivity (Wildman–Crippen MR) is 114 cm³/mol. The van der Waals surface area contributed by atoms with Gasteiger partial charge in [0.1, 0.15) is 17.2 Å². The third-order valence-electron chi connectivity index (χ3n) is 5.75. The van der Waals surface area contributed by atoms with Crippen LogP contribution in [-0.2, 0) is 0 Å². The van der Waals surface area contributed by atoms with Crippen LogP contribution in [0.15, 0.2) is 42.7 Å². The average molecular weight is 409 g/mol. The summed E-state index contributed by atoms with van der Waals surface area (Å²) in [4.78, 5) is 19.3. The number of likely N-dealkylation sites (tertiary alicyclic amines) is 1. The van der Waals surface area contributed by atoms with Crippen molar-refractivity contribution in [1.29, 1.82) is 5.41 Å². The maximum atomic E-state index is 13.7. The molecule has 0 radical (unpaired) electrons. The van der Waals surface area contributed by atoms with Crippen LogP contribution in [0.1, 0.15) is 53.7 Å². The Morgan fingerprint density at radius 3 is 2.57 bits per heavy atom. The normalized spacial score (nSPS) is 15.1. The maximum Gasteiger partial charge on any atom is 0.254 e. The van der Waals surface area contributed by atoms with Gasteiger partial charge in [0.15, 0.2) is 0 Å². The molecule has 3 heterocycles. The van der Waals surface area contributed by atoms with E-state index in [2.05, 4.69) is 4.98 Å². The van der Waals surface area contributed by atoms with Crippen molar-refractivity contribution < 1.29 is 14.5 Å². The van der Waals surface area contributed by atoms with E-state index in [-0.39, 0.29) is 17.4 Å². The first-order chi connectivity index (χ1) is 14.6. The maximum absolute atomic E-state index is 13.7. The number of amides is 1. The van der Waals surface area contributed by atoms with E-state index in [1.807, 2.05) is 29.4 Å². The minimum absolute atomic E-state index is 0.0509. The largest absolute Gasteiger partial charge is 0.339 e. The Labute approximate surface area is 175 Å². The van der Waals surface area contributed by atoms with E-state index < -0.39 is 0 Å². The van der Waals surface area contributed by atoms with E-state index in [0.717, 1.165) is 31.6 Å². The molecule has 0 aliphatic carbocycles. The molecule has 6 nitrogen and oxygen atoms in total. The highest BCUT2D eigenvalue weighted by molar-refractivity contribution is 6.13. The Morgan fingerprint density at radius 2 is 1.83 bits per heavy atom. The summed E-state index contributed by atoms with van der Waals surface area (Å²) in [5.41, 5.74) is 3.48. The lowest BCUT2D eigenvalue weighted by atomic mass is 10.0. The molecule has 0 saturated carbocycles. The Bertz CT molecular complexity index is 1080. The van der Waals surface area contributed by atoms with Crippen LogP contribution in [0.25, 0.3) is 5.65 Å². The molecule has 4 rings (SSSR count). The van der Waals surface area contributed by atoms with E-state index in [1.54, 1.807) is 22.7 Å². The molecule has 1 fully saturated rings. The Kier molecular flexibility index (Phi) is 5.90. The van der Waals surface area contributed by atoms with E-state index in [0.29, 0.717) is 22.5 Å². The van der Waals surface area contributed by atoms with Crippen molar-refractivity contribution in [2.24, 2.45) is 0 Å². The molecule has 3 aromatic rings. The molecule has 7 heteroatoms. The molecule has 1 aliphatic heterocycles. The molecule has 1 amide bonds. The van der Waals surface area contributed by atoms with Crippen molar-refractivity contribution in [1.82, 2.24) is 14.3 Å². The molecule has 0 atom stereocenters. The lowest BCUT2D eigenvalue weighted by Crippen LogP contribution is -2.73. The summed E-state index contributed by atoms with van der Waals surface area (Å²) in [5, 5.41) is 10.6. The van der Waals surface area contributed by atoms with Crippen LogP contribution in [0.2, 0.25) is 0 Å². The highest BCUT2D eigenvalue weighted by Gasteiger charge is 2.21. The van der Waals surface area contributed by atoms with Gasteiger partial charge in [-0.2, -0.15) is 0 Å². The van der Waals surface area contributed by atoms with E-state index in [4.69, 9.17) is 5.41 Å². The molecular weight excluding hydrogens is 381 g/mol. The number of halogens is 1. The molecular formula is C23H27FN5O+. The third-order valence-corrected chi connectivity index (χ3v) is 5.75. The number of nitrogens with zero attached hydrogens (tertiary/aromatic N) is 3. The van der Waals surface area contributed by atoms with Gasteiger partial charge in [-0.1, -0.05) is 19.3 Å². The van der Waals surface area contributed by atoms with Gasteiger partial charge in [0.2, 0.25) is 0 Å². The monoisotopic (exact) mass is 408 g/mol. The highest BCUT2D eigenvalue weighted by Crippen LogP contribution is 2.21. The summed E-state index contributed by atoms with van der Waals surface area (Å²) in [6, 6.07) is 8.40. The van der Waals surface area contributed by atoms with Gasteiger partial charge < -0.3 is 10.2 Å². The Morgan fingerprint density at radius 1 is 1.10 bits per heavy atom. The second-order valence-electron chi connectivity index (χ2n) is 7.74. The first kappa shape index (κ1) is 20.2. The van der Waals surface area contributed by atoms with Crippen LogP contribution in [0.3, 0.4) is 0 Å². The van der Waals surface area contributed by atoms with Gasteiger partial charge in [0.05, 0.1) is 30.2 Å². The number of benzene rings is 1. The van der Waals surface area contributed by atoms with Crippen molar-refractivity contribution in [3.05, 3.63) is 65.4 Å². The van der Waals surface area contributed by atoms with Gasteiger partial charge in [-0.3, -0.25) is 14.6 Å². The zero-order valence-electron chi connectivity index (χ0n) is 17.2. The first-order valence-electron chi connectivity index (χ1n) is 10.5. The smallest absolute Gasteiger partial charge is 0.254 e. The zero-order valence-corrected chi connectivity index (χ0v) is 17.2. The minimum Gasteiger partial charge on any atom is -0.339 e. The Balaban J connectivity index is 1.64. The molecule has 1 aromatic carbocycles. The number of imidazole rings is 1. The van der Waals surface area contributed by atoms with Gasteiger partial charge >= 0.3 is 0 Å². The molecule has 0 bridgehead atoms. The van der Waals surface area contributed by atoms with E-state index in [9.17, 15) is 9.18 Å². The summed E-state index contributed by atoms with van der Waals surface area (Å²) in [5.74, 6) is -0.332.